The Morgan fingerprint density at radius 3 is 2.45 bits per heavy atom. The van der Waals surface area contributed by atoms with E-state index in [4.69, 9.17) is 0 Å². The summed E-state index contributed by atoms with van der Waals surface area (Å²) in [6, 6.07) is 0.432. The number of hydrogen-bond donors (Lipinski definition) is 0. The standard InChI is InChI=1S/C8H15NO.ClH/c1-6-7(2)9(3)5-4-8(6)10;/h6-7H,4-5H2,1-3H3;1H. The number of piperidine rings is 1. The van der Waals surface area contributed by atoms with Crippen molar-refractivity contribution in [3.8, 4) is 0 Å². The molecule has 1 saturated heterocycles. The van der Waals surface area contributed by atoms with Crippen molar-refractivity contribution in [2.75, 3.05) is 13.6 Å². The van der Waals surface area contributed by atoms with E-state index < -0.39 is 0 Å². The zero-order valence-electron chi connectivity index (χ0n) is 7.33. The molecule has 0 aromatic rings. The van der Waals surface area contributed by atoms with E-state index in [-0.39, 0.29) is 18.3 Å². The van der Waals surface area contributed by atoms with Gasteiger partial charge in [0.15, 0.2) is 0 Å². The number of carbonyl (C=O) groups excluding carboxylic acids is 1. The first kappa shape index (κ1) is 10.9. The molecular formula is C8H16ClNO. The minimum atomic E-state index is 0. The van der Waals surface area contributed by atoms with Gasteiger partial charge in [-0.1, -0.05) is 6.92 Å². The minimum absolute atomic E-state index is 0. The Morgan fingerprint density at radius 2 is 2.00 bits per heavy atom. The normalized spacial score (nSPS) is 33.2. The molecule has 0 bridgehead atoms. The van der Waals surface area contributed by atoms with Crippen LogP contribution in [0.1, 0.15) is 20.3 Å². The minimum Gasteiger partial charge on any atom is -0.303 e. The molecule has 0 aliphatic carbocycles. The molecule has 1 heterocycles. The lowest BCUT2D eigenvalue weighted by atomic mass is 9.91. The van der Waals surface area contributed by atoms with Crippen LogP contribution in [-0.4, -0.2) is 30.3 Å². The summed E-state index contributed by atoms with van der Waals surface area (Å²) in [4.78, 5) is 13.4. The molecule has 0 aromatic heterocycles. The number of likely N-dealkylation sites (tertiary alicyclic amines) is 1. The lowest BCUT2D eigenvalue weighted by molar-refractivity contribution is -0.127. The van der Waals surface area contributed by atoms with Gasteiger partial charge in [0.1, 0.15) is 5.78 Å². The summed E-state index contributed by atoms with van der Waals surface area (Å²) in [6.45, 7) is 5.06. The lowest BCUT2D eigenvalue weighted by Gasteiger charge is -2.33. The topological polar surface area (TPSA) is 20.3 Å². The van der Waals surface area contributed by atoms with Crippen LogP contribution in [-0.2, 0) is 4.79 Å². The second kappa shape index (κ2) is 4.07. The molecule has 1 rings (SSSR count). The molecule has 0 spiro atoms. The van der Waals surface area contributed by atoms with Crippen LogP contribution in [0.3, 0.4) is 0 Å². The van der Waals surface area contributed by atoms with Gasteiger partial charge in [-0.25, -0.2) is 0 Å². The van der Waals surface area contributed by atoms with Gasteiger partial charge in [-0.3, -0.25) is 4.79 Å². The van der Waals surface area contributed by atoms with E-state index in [0.717, 1.165) is 13.0 Å². The molecule has 2 atom stereocenters. The van der Waals surface area contributed by atoms with E-state index in [1.54, 1.807) is 0 Å². The molecular weight excluding hydrogens is 162 g/mol. The molecule has 0 N–H and O–H groups in total. The average molecular weight is 178 g/mol. The molecule has 2 unspecified atom stereocenters. The smallest absolute Gasteiger partial charge is 0.138 e. The maximum Gasteiger partial charge on any atom is 0.138 e. The Labute approximate surface area is 74.4 Å². The van der Waals surface area contributed by atoms with Gasteiger partial charge in [-0.05, 0) is 14.0 Å². The van der Waals surface area contributed by atoms with E-state index in [1.807, 2.05) is 6.92 Å². The maximum absolute atomic E-state index is 11.1. The highest BCUT2D eigenvalue weighted by atomic mass is 35.5. The van der Waals surface area contributed by atoms with Gasteiger partial charge in [0.2, 0.25) is 0 Å². The van der Waals surface area contributed by atoms with Gasteiger partial charge in [-0.15, -0.1) is 12.4 Å². The molecule has 3 heteroatoms. The molecule has 0 aromatic carbocycles. The fourth-order valence-corrected chi connectivity index (χ4v) is 1.37. The predicted molar refractivity (Wildman–Crippen MR) is 48.1 cm³/mol. The predicted octanol–water partition coefficient (Wildman–Crippen LogP) is 1.34. The molecule has 1 aliphatic rings. The fraction of sp³-hybridized carbons (Fsp3) is 0.875. The fourth-order valence-electron chi connectivity index (χ4n) is 1.37. The number of Topliss-reactive ketones (excluding diaryl/α,β-unsaturated/α-hetero) is 1. The van der Waals surface area contributed by atoms with Gasteiger partial charge in [-0.2, -0.15) is 0 Å². The summed E-state index contributed by atoms with van der Waals surface area (Å²) in [5.41, 5.74) is 0. The Hall–Kier alpha value is -0.0800. The zero-order valence-corrected chi connectivity index (χ0v) is 8.15. The SMILES string of the molecule is CC1C(=O)CCN(C)C1C.Cl. The summed E-state index contributed by atoms with van der Waals surface area (Å²) in [5, 5.41) is 0. The van der Waals surface area contributed by atoms with Crippen LogP contribution in [0.2, 0.25) is 0 Å². The van der Waals surface area contributed by atoms with Crippen LogP contribution in [0.15, 0.2) is 0 Å². The van der Waals surface area contributed by atoms with Gasteiger partial charge in [0.05, 0.1) is 0 Å². The van der Waals surface area contributed by atoms with Gasteiger partial charge < -0.3 is 4.90 Å². The highest BCUT2D eigenvalue weighted by molar-refractivity contribution is 5.85. The van der Waals surface area contributed by atoms with Gasteiger partial charge >= 0.3 is 0 Å². The Balaban J connectivity index is 0.000001000. The van der Waals surface area contributed by atoms with Crippen LogP contribution in [0.25, 0.3) is 0 Å². The Morgan fingerprint density at radius 1 is 1.45 bits per heavy atom. The first-order valence-corrected chi connectivity index (χ1v) is 3.86. The summed E-state index contributed by atoms with van der Waals surface area (Å²) in [5.74, 6) is 0.657. The molecule has 11 heavy (non-hydrogen) atoms. The van der Waals surface area contributed by atoms with Crippen LogP contribution in [0, 0.1) is 5.92 Å². The third-order valence-electron chi connectivity index (χ3n) is 2.64. The summed E-state index contributed by atoms with van der Waals surface area (Å²) in [7, 11) is 2.08. The van der Waals surface area contributed by atoms with Crippen molar-refractivity contribution in [2.45, 2.75) is 26.3 Å². The zero-order chi connectivity index (χ0) is 7.72. The summed E-state index contributed by atoms with van der Waals surface area (Å²) >= 11 is 0. The first-order valence-electron chi connectivity index (χ1n) is 3.86. The summed E-state index contributed by atoms with van der Waals surface area (Å²) in [6.07, 6.45) is 0.738. The van der Waals surface area contributed by atoms with Crippen molar-refractivity contribution in [3.63, 3.8) is 0 Å². The van der Waals surface area contributed by atoms with E-state index in [0.29, 0.717) is 11.8 Å². The first-order chi connectivity index (χ1) is 4.63. The average Bonchev–Trinajstić information content (AvgIpc) is 1.93. The quantitative estimate of drug-likeness (QED) is 0.557. The van der Waals surface area contributed by atoms with Crippen LogP contribution >= 0.6 is 12.4 Å². The van der Waals surface area contributed by atoms with Crippen LogP contribution in [0.4, 0.5) is 0 Å². The lowest BCUT2D eigenvalue weighted by Crippen LogP contribution is -2.44. The van der Waals surface area contributed by atoms with E-state index >= 15 is 0 Å². The van der Waals surface area contributed by atoms with Crippen molar-refractivity contribution in [1.82, 2.24) is 4.90 Å². The van der Waals surface area contributed by atoms with Crippen LogP contribution in [0.5, 0.6) is 0 Å². The van der Waals surface area contributed by atoms with Crippen molar-refractivity contribution >= 4 is 18.2 Å². The van der Waals surface area contributed by atoms with Gasteiger partial charge in [0.25, 0.3) is 0 Å². The molecule has 66 valence electrons. The number of nitrogens with zero attached hydrogens (tertiary/aromatic N) is 1. The number of halogens is 1. The number of hydrogen-bond acceptors (Lipinski definition) is 2. The number of carbonyl (C=O) groups is 1. The third-order valence-corrected chi connectivity index (χ3v) is 2.64. The number of ketones is 1. The molecule has 0 saturated carbocycles. The van der Waals surface area contributed by atoms with E-state index in [2.05, 4.69) is 18.9 Å². The van der Waals surface area contributed by atoms with Crippen molar-refractivity contribution < 1.29 is 4.79 Å². The van der Waals surface area contributed by atoms with Crippen LogP contribution < -0.4 is 0 Å². The second-order valence-corrected chi connectivity index (χ2v) is 3.23. The molecule has 0 radical (unpaired) electrons. The third kappa shape index (κ3) is 2.17. The van der Waals surface area contributed by atoms with Crippen molar-refractivity contribution in [2.24, 2.45) is 5.92 Å². The van der Waals surface area contributed by atoms with Gasteiger partial charge in [0, 0.05) is 24.9 Å². The Bertz CT molecular complexity index is 149. The second-order valence-electron chi connectivity index (χ2n) is 3.23. The van der Waals surface area contributed by atoms with Crippen molar-refractivity contribution in [1.29, 1.82) is 0 Å². The Kier molecular flexibility index (Phi) is 4.04. The number of rotatable bonds is 0. The largest absolute Gasteiger partial charge is 0.303 e. The monoisotopic (exact) mass is 177 g/mol. The highest BCUT2D eigenvalue weighted by Crippen LogP contribution is 2.17. The molecule has 1 fully saturated rings. The van der Waals surface area contributed by atoms with Crippen molar-refractivity contribution in [3.05, 3.63) is 0 Å². The maximum atomic E-state index is 11.1. The summed E-state index contributed by atoms with van der Waals surface area (Å²) < 4.78 is 0. The molecule has 1 aliphatic heterocycles. The molecule has 0 amide bonds. The highest BCUT2D eigenvalue weighted by Gasteiger charge is 2.27. The van der Waals surface area contributed by atoms with E-state index in [9.17, 15) is 4.79 Å². The molecule has 2 nitrogen and oxygen atoms in total. The van der Waals surface area contributed by atoms with E-state index in [1.165, 1.54) is 0 Å².